The Morgan fingerprint density at radius 3 is 1.86 bits per heavy atom. The number of phosphoric acid groups is 1. The van der Waals surface area contributed by atoms with E-state index in [1.54, 1.807) is 6.08 Å². The van der Waals surface area contributed by atoms with E-state index in [1.165, 1.54) is 77.0 Å². The number of phosphoric ester groups is 1. The van der Waals surface area contributed by atoms with Gasteiger partial charge in [-0.3, -0.25) is 13.8 Å². The highest BCUT2D eigenvalue weighted by Gasteiger charge is 2.27. The first-order valence-corrected chi connectivity index (χ1v) is 18.7. The maximum Gasteiger partial charge on any atom is 0.472 e. The largest absolute Gasteiger partial charge is 0.472 e. The van der Waals surface area contributed by atoms with Gasteiger partial charge < -0.3 is 19.8 Å². The number of allylic oxidation sites excluding steroid dienone is 3. The molecule has 254 valence electrons. The Balaban J connectivity index is 4.68. The first-order chi connectivity index (χ1) is 20.5. The smallest absolute Gasteiger partial charge is 0.387 e. The third-order valence-electron chi connectivity index (χ3n) is 7.42. The Bertz CT molecular complexity index is 768. The number of likely N-dealkylation sites (N-methyl/N-ethyl adjacent to an activating group) is 1. The summed E-state index contributed by atoms with van der Waals surface area (Å²) in [6.07, 6.45) is 28.1. The molecular weight excluding hydrogens is 563 g/mol. The predicted molar refractivity (Wildman–Crippen MR) is 180 cm³/mol. The lowest BCUT2D eigenvalue weighted by atomic mass is 10.1. The molecule has 0 bridgehead atoms. The molecule has 0 spiro atoms. The number of nitrogens with one attached hydrogen (secondary N) is 1. The van der Waals surface area contributed by atoms with Crippen molar-refractivity contribution in [1.29, 1.82) is 0 Å². The van der Waals surface area contributed by atoms with Crippen molar-refractivity contribution in [3.63, 3.8) is 0 Å². The highest BCUT2D eigenvalue weighted by molar-refractivity contribution is 7.47. The topological polar surface area (TPSA) is 105 Å². The third-order valence-corrected chi connectivity index (χ3v) is 8.41. The molecule has 9 heteroatoms. The average Bonchev–Trinajstić information content (AvgIpc) is 2.94. The Kier molecular flexibility index (Phi) is 26.7. The van der Waals surface area contributed by atoms with Gasteiger partial charge in [0.1, 0.15) is 13.2 Å². The number of carbonyl (C=O) groups excluding carboxylic acids is 1. The van der Waals surface area contributed by atoms with E-state index in [0.29, 0.717) is 17.4 Å². The monoisotopic (exact) mass is 631 g/mol. The summed E-state index contributed by atoms with van der Waals surface area (Å²) < 4.78 is 23.3. The number of quaternary nitrogens is 1. The molecule has 0 aromatic carbocycles. The average molecular weight is 632 g/mol. The number of unbranched alkanes of at least 4 members (excludes halogenated alkanes) is 15. The molecule has 0 aromatic rings. The maximum atomic E-state index is 12.7. The van der Waals surface area contributed by atoms with E-state index in [1.807, 2.05) is 27.2 Å². The van der Waals surface area contributed by atoms with E-state index < -0.39 is 20.0 Å². The lowest BCUT2D eigenvalue weighted by Gasteiger charge is -2.25. The van der Waals surface area contributed by atoms with Crippen LogP contribution < -0.4 is 5.32 Å². The van der Waals surface area contributed by atoms with Crippen molar-refractivity contribution in [2.45, 2.75) is 148 Å². The Hall–Kier alpha value is -1.02. The highest BCUT2D eigenvalue weighted by Crippen LogP contribution is 2.43. The first kappa shape index (κ1) is 42.0. The van der Waals surface area contributed by atoms with E-state index in [0.717, 1.165) is 38.5 Å². The van der Waals surface area contributed by atoms with Crippen molar-refractivity contribution < 1.29 is 32.9 Å². The molecule has 43 heavy (non-hydrogen) atoms. The summed E-state index contributed by atoms with van der Waals surface area (Å²) >= 11 is 0. The summed E-state index contributed by atoms with van der Waals surface area (Å²) in [6.45, 7) is 4.72. The van der Waals surface area contributed by atoms with Crippen molar-refractivity contribution in [2.75, 3.05) is 40.9 Å². The predicted octanol–water partition coefficient (Wildman–Crippen LogP) is 8.24. The second kappa shape index (κ2) is 27.3. The van der Waals surface area contributed by atoms with Crippen molar-refractivity contribution in [3.05, 3.63) is 24.3 Å². The van der Waals surface area contributed by atoms with Crippen LogP contribution in [0.4, 0.5) is 0 Å². The van der Waals surface area contributed by atoms with Gasteiger partial charge in [0, 0.05) is 6.42 Å². The fourth-order valence-corrected chi connectivity index (χ4v) is 5.32. The van der Waals surface area contributed by atoms with Gasteiger partial charge in [-0.15, -0.1) is 0 Å². The number of carbonyl (C=O) groups is 1. The van der Waals surface area contributed by atoms with E-state index in [4.69, 9.17) is 9.05 Å². The minimum atomic E-state index is -4.32. The van der Waals surface area contributed by atoms with Gasteiger partial charge in [-0.05, 0) is 32.1 Å². The van der Waals surface area contributed by atoms with Crippen LogP contribution in [0.1, 0.15) is 136 Å². The van der Waals surface area contributed by atoms with Gasteiger partial charge in [-0.2, -0.15) is 0 Å². The molecule has 8 nitrogen and oxygen atoms in total. The summed E-state index contributed by atoms with van der Waals surface area (Å²) in [5.74, 6) is -0.193. The van der Waals surface area contributed by atoms with Crippen LogP contribution in [0.2, 0.25) is 0 Å². The van der Waals surface area contributed by atoms with Crippen molar-refractivity contribution in [3.8, 4) is 0 Å². The van der Waals surface area contributed by atoms with Crippen LogP contribution in [-0.2, 0) is 18.4 Å². The SMILES string of the molecule is CCCCCCC/C=C/CC/C=C/C(O)C(COP(=O)(O)OCC[N+](C)(C)C)NC(=O)CCCCCCCCCCCC. The summed E-state index contributed by atoms with van der Waals surface area (Å²) in [4.78, 5) is 22.8. The van der Waals surface area contributed by atoms with E-state index in [9.17, 15) is 19.4 Å². The number of hydrogen-bond donors (Lipinski definition) is 3. The Morgan fingerprint density at radius 2 is 1.28 bits per heavy atom. The van der Waals surface area contributed by atoms with Gasteiger partial charge in [0.05, 0.1) is 39.9 Å². The first-order valence-electron chi connectivity index (χ1n) is 17.2. The summed E-state index contributed by atoms with van der Waals surface area (Å²) in [5.41, 5.74) is 0. The Labute approximate surface area is 264 Å². The molecule has 0 heterocycles. The zero-order valence-corrected chi connectivity index (χ0v) is 29.3. The van der Waals surface area contributed by atoms with E-state index >= 15 is 0 Å². The summed E-state index contributed by atoms with van der Waals surface area (Å²) in [6, 6.07) is -0.854. The molecule has 3 atom stereocenters. The van der Waals surface area contributed by atoms with Gasteiger partial charge in [0.2, 0.25) is 5.91 Å². The second-order valence-electron chi connectivity index (χ2n) is 12.9. The van der Waals surface area contributed by atoms with Crippen LogP contribution in [0.3, 0.4) is 0 Å². The van der Waals surface area contributed by atoms with Crippen LogP contribution in [0.25, 0.3) is 0 Å². The van der Waals surface area contributed by atoms with Crippen molar-refractivity contribution >= 4 is 13.7 Å². The lowest BCUT2D eigenvalue weighted by molar-refractivity contribution is -0.870. The van der Waals surface area contributed by atoms with Crippen molar-refractivity contribution in [1.82, 2.24) is 5.32 Å². The van der Waals surface area contributed by atoms with Crippen LogP contribution >= 0.6 is 7.82 Å². The number of amides is 1. The van der Waals surface area contributed by atoms with Crippen LogP contribution in [-0.4, -0.2) is 73.4 Å². The van der Waals surface area contributed by atoms with E-state index in [2.05, 4.69) is 31.3 Å². The number of hydrogen-bond acceptors (Lipinski definition) is 5. The molecule has 0 aliphatic carbocycles. The molecule has 0 aromatic heterocycles. The third kappa shape index (κ3) is 29.5. The molecule has 0 aliphatic heterocycles. The van der Waals surface area contributed by atoms with Crippen LogP contribution in [0, 0.1) is 0 Å². The van der Waals surface area contributed by atoms with Gasteiger partial charge in [-0.25, -0.2) is 4.57 Å². The molecule has 0 aliphatic rings. The fraction of sp³-hybridized carbons (Fsp3) is 0.853. The van der Waals surface area contributed by atoms with Gasteiger partial charge in [0.15, 0.2) is 0 Å². The molecule has 0 saturated carbocycles. The Morgan fingerprint density at radius 1 is 0.767 bits per heavy atom. The van der Waals surface area contributed by atoms with Crippen molar-refractivity contribution in [2.24, 2.45) is 0 Å². The number of aliphatic hydroxyl groups is 1. The molecule has 0 saturated heterocycles. The zero-order chi connectivity index (χ0) is 32.2. The molecule has 3 unspecified atom stereocenters. The number of rotatable bonds is 30. The zero-order valence-electron chi connectivity index (χ0n) is 28.4. The number of aliphatic hydroxyl groups excluding tert-OH is 1. The van der Waals surface area contributed by atoms with E-state index in [-0.39, 0.29) is 19.1 Å². The standard InChI is InChI=1S/C34H67N2O6P/c1-6-8-10-12-14-16-18-19-21-23-25-27-33(37)32(31-42-43(39,40)41-30-29-36(3,4)5)35-34(38)28-26-24-22-20-17-15-13-11-9-7-2/h18-19,25,27,32-33,37H,6-17,20-24,26,28-31H2,1-5H3,(H-,35,38,39,40)/p+1/b19-18+,27-25+. The lowest BCUT2D eigenvalue weighted by Crippen LogP contribution is -2.45. The normalized spacial score (nSPS) is 15.2. The van der Waals surface area contributed by atoms with Gasteiger partial charge in [-0.1, -0.05) is 122 Å². The van der Waals surface area contributed by atoms with Gasteiger partial charge >= 0.3 is 7.82 Å². The van der Waals surface area contributed by atoms with Crippen LogP contribution in [0.5, 0.6) is 0 Å². The number of nitrogens with zero attached hydrogens (tertiary/aromatic N) is 1. The highest BCUT2D eigenvalue weighted by atomic mass is 31.2. The minimum Gasteiger partial charge on any atom is -0.387 e. The second-order valence-corrected chi connectivity index (χ2v) is 14.3. The molecular formula is C34H68N2O6P+. The molecule has 0 rings (SSSR count). The summed E-state index contributed by atoms with van der Waals surface area (Å²) in [7, 11) is 1.55. The molecule has 1 amide bonds. The fourth-order valence-electron chi connectivity index (χ4n) is 4.58. The quantitative estimate of drug-likeness (QED) is 0.0319. The summed E-state index contributed by atoms with van der Waals surface area (Å²) in [5, 5.41) is 13.6. The molecule has 0 radical (unpaired) electrons. The van der Waals surface area contributed by atoms with Gasteiger partial charge in [0.25, 0.3) is 0 Å². The van der Waals surface area contributed by atoms with Crippen LogP contribution in [0.15, 0.2) is 24.3 Å². The maximum absolute atomic E-state index is 12.7. The molecule has 0 fully saturated rings. The minimum absolute atomic E-state index is 0.0573. The molecule has 3 N–H and O–H groups in total.